The van der Waals surface area contributed by atoms with Gasteiger partial charge in [-0.1, -0.05) is 34.5 Å². The van der Waals surface area contributed by atoms with E-state index in [-0.39, 0.29) is 0 Å². The Balaban J connectivity index is 2.76. The standard InChI is InChI=1S/C11H9BrClN/c1-2-8-6-10(13)9-5-7(12)3-4-11(9)14-8/h3-6H,2H2,1H3. The van der Waals surface area contributed by atoms with E-state index >= 15 is 0 Å². The van der Waals surface area contributed by atoms with Crippen LogP contribution >= 0.6 is 27.5 Å². The summed E-state index contributed by atoms with van der Waals surface area (Å²) in [5.74, 6) is 0. The van der Waals surface area contributed by atoms with Crippen molar-refractivity contribution >= 4 is 38.4 Å². The molecule has 1 nitrogen and oxygen atoms in total. The molecule has 0 aliphatic heterocycles. The van der Waals surface area contributed by atoms with Crippen LogP contribution in [0.2, 0.25) is 5.02 Å². The molecule has 72 valence electrons. The molecule has 3 heteroatoms. The molecule has 0 aliphatic carbocycles. The molecule has 0 saturated heterocycles. The summed E-state index contributed by atoms with van der Waals surface area (Å²) in [5.41, 5.74) is 1.99. The fourth-order valence-electron chi connectivity index (χ4n) is 1.39. The van der Waals surface area contributed by atoms with Crippen molar-refractivity contribution < 1.29 is 0 Å². The number of benzene rings is 1. The smallest absolute Gasteiger partial charge is 0.0721 e. The largest absolute Gasteiger partial charge is 0.253 e. The average molecular weight is 271 g/mol. The van der Waals surface area contributed by atoms with Gasteiger partial charge in [0.2, 0.25) is 0 Å². The van der Waals surface area contributed by atoms with Crippen LogP contribution in [0, 0.1) is 0 Å². The van der Waals surface area contributed by atoms with Crippen molar-refractivity contribution in [2.24, 2.45) is 0 Å². The van der Waals surface area contributed by atoms with E-state index in [0.717, 1.165) is 32.5 Å². The Morgan fingerprint density at radius 3 is 2.86 bits per heavy atom. The van der Waals surface area contributed by atoms with Crippen molar-refractivity contribution in [3.63, 3.8) is 0 Å². The molecule has 1 aromatic heterocycles. The molecule has 1 heterocycles. The first-order chi connectivity index (χ1) is 6.70. The summed E-state index contributed by atoms with van der Waals surface area (Å²) in [7, 11) is 0. The van der Waals surface area contributed by atoms with Crippen molar-refractivity contribution in [2.45, 2.75) is 13.3 Å². The van der Waals surface area contributed by atoms with Crippen LogP contribution in [0.25, 0.3) is 10.9 Å². The fourth-order valence-corrected chi connectivity index (χ4v) is 2.03. The van der Waals surface area contributed by atoms with E-state index in [1.807, 2.05) is 24.3 Å². The lowest BCUT2D eigenvalue weighted by atomic mass is 10.2. The van der Waals surface area contributed by atoms with Gasteiger partial charge in [0.1, 0.15) is 0 Å². The minimum Gasteiger partial charge on any atom is -0.253 e. The van der Waals surface area contributed by atoms with Gasteiger partial charge in [0, 0.05) is 15.6 Å². The summed E-state index contributed by atoms with van der Waals surface area (Å²) in [5, 5.41) is 1.77. The predicted octanol–water partition coefficient (Wildman–Crippen LogP) is 4.21. The molecular weight excluding hydrogens is 261 g/mol. The summed E-state index contributed by atoms with van der Waals surface area (Å²) < 4.78 is 1.03. The van der Waals surface area contributed by atoms with Crippen LogP contribution in [0.3, 0.4) is 0 Å². The Hall–Kier alpha value is -0.600. The number of nitrogens with zero attached hydrogens (tertiary/aromatic N) is 1. The Labute approximate surface area is 96.2 Å². The van der Waals surface area contributed by atoms with Gasteiger partial charge in [-0.2, -0.15) is 0 Å². The highest BCUT2D eigenvalue weighted by Gasteiger charge is 2.03. The molecule has 2 aromatic rings. The SMILES string of the molecule is CCc1cc(Cl)c2cc(Br)ccc2n1. The van der Waals surface area contributed by atoms with Crippen molar-refractivity contribution in [3.8, 4) is 0 Å². The van der Waals surface area contributed by atoms with E-state index in [1.54, 1.807) is 0 Å². The first kappa shape index (κ1) is 9.94. The number of halogens is 2. The Bertz CT molecular complexity index is 482. The maximum Gasteiger partial charge on any atom is 0.0721 e. The minimum absolute atomic E-state index is 0.771. The van der Waals surface area contributed by atoms with Crippen LogP contribution in [-0.2, 0) is 6.42 Å². The summed E-state index contributed by atoms with van der Waals surface area (Å²) in [6.45, 7) is 2.07. The molecule has 2 rings (SSSR count). The number of aryl methyl sites for hydroxylation is 1. The molecule has 0 aliphatic rings. The number of pyridine rings is 1. The predicted molar refractivity (Wildman–Crippen MR) is 63.8 cm³/mol. The highest BCUT2D eigenvalue weighted by atomic mass is 79.9. The lowest BCUT2D eigenvalue weighted by molar-refractivity contribution is 1.06. The first-order valence-electron chi connectivity index (χ1n) is 4.45. The molecule has 0 bridgehead atoms. The minimum atomic E-state index is 0.771. The number of fused-ring (bicyclic) bond motifs is 1. The van der Waals surface area contributed by atoms with Gasteiger partial charge < -0.3 is 0 Å². The molecule has 0 N–H and O–H groups in total. The van der Waals surface area contributed by atoms with E-state index in [1.165, 1.54) is 0 Å². The Morgan fingerprint density at radius 1 is 1.36 bits per heavy atom. The van der Waals surface area contributed by atoms with Crippen molar-refractivity contribution in [1.29, 1.82) is 0 Å². The van der Waals surface area contributed by atoms with Crippen LogP contribution < -0.4 is 0 Å². The van der Waals surface area contributed by atoms with Gasteiger partial charge in [-0.15, -0.1) is 0 Å². The fraction of sp³-hybridized carbons (Fsp3) is 0.182. The number of hydrogen-bond donors (Lipinski definition) is 0. The first-order valence-corrected chi connectivity index (χ1v) is 5.62. The van der Waals surface area contributed by atoms with Crippen molar-refractivity contribution in [2.75, 3.05) is 0 Å². The van der Waals surface area contributed by atoms with Gasteiger partial charge in [0.15, 0.2) is 0 Å². The molecule has 1 aromatic carbocycles. The molecular formula is C11H9BrClN. The Kier molecular flexibility index (Phi) is 2.75. The van der Waals surface area contributed by atoms with E-state index in [4.69, 9.17) is 11.6 Å². The zero-order valence-corrected chi connectivity index (χ0v) is 10.1. The quantitative estimate of drug-likeness (QED) is 0.756. The summed E-state index contributed by atoms with van der Waals surface area (Å²) >= 11 is 9.57. The highest BCUT2D eigenvalue weighted by molar-refractivity contribution is 9.10. The van der Waals surface area contributed by atoms with Gasteiger partial charge in [-0.05, 0) is 30.7 Å². The second kappa shape index (κ2) is 3.87. The lowest BCUT2D eigenvalue weighted by Crippen LogP contribution is -1.88. The van der Waals surface area contributed by atoms with Crippen LogP contribution in [0.4, 0.5) is 0 Å². The summed E-state index contributed by atoms with van der Waals surface area (Å²) in [4.78, 5) is 4.49. The van der Waals surface area contributed by atoms with Gasteiger partial charge in [-0.3, -0.25) is 4.98 Å². The van der Waals surface area contributed by atoms with E-state index in [9.17, 15) is 0 Å². The molecule has 0 spiro atoms. The van der Waals surface area contributed by atoms with Gasteiger partial charge in [0.05, 0.1) is 10.5 Å². The third-order valence-corrected chi connectivity index (χ3v) is 2.94. The normalized spacial score (nSPS) is 10.8. The lowest BCUT2D eigenvalue weighted by Gasteiger charge is -2.03. The van der Waals surface area contributed by atoms with E-state index < -0.39 is 0 Å². The molecule has 14 heavy (non-hydrogen) atoms. The van der Waals surface area contributed by atoms with Gasteiger partial charge in [-0.25, -0.2) is 0 Å². The second-order valence-electron chi connectivity index (χ2n) is 3.11. The maximum atomic E-state index is 6.15. The zero-order chi connectivity index (χ0) is 10.1. The number of hydrogen-bond acceptors (Lipinski definition) is 1. The zero-order valence-electron chi connectivity index (χ0n) is 7.72. The Morgan fingerprint density at radius 2 is 2.14 bits per heavy atom. The molecule has 0 unspecified atom stereocenters. The maximum absolute atomic E-state index is 6.15. The molecule has 0 saturated carbocycles. The van der Waals surface area contributed by atoms with Crippen LogP contribution in [0.5, 0.6) is 0 Å². The van der Waals surface area contributed by atoms with Crippen LogP contribution in [0.1, 0.15) is 12.6 Å². The average Bonchev–Trinajstić information content (AvgIpc) is 2.19. The highest BCUT2D eigenvalue weighted by Crippen LogP contribution is 2.26. The van der Waals surface area contributed by atoms with Crippen molar-refractivity contribution in [3.05, 3.63) is 39.5 Å². The number of aromatic nitrogens is 1. The van der Waals surface area contributed by atoms with Crippen LogP contribution in [-0.4, -0.2) is 4.98 Å². The van der Waals surface area contributed by atoms with E-state index in [2.05, 4.69) is 27.8 Å². The third kappa shape index (κ3) is 1.77. The number of rotatable bonds is 1. The van der Waals surface area contributed by atoms with Gasteiger partial charge >= 0.3 is 0 Å². The molecule has 0 atom stereocenters. The van der Waals surface area contributed by atoms with Gasteiger partial charge in [0.25, 0.3) is 0 Å². The van der Waals surface area contributed by atoms with Crippen molar-refractivity contribution in [1.82, 2.24) is 4.98 Å². The summed E-state index contributed by atoms with van der Waals surface area (Å²) in [6, 6.07) is 7.87. The topological polar surface area (TPSA) is 12.9 Å². The molecule has 0 amide bonds. The molecule has 0 radical (unpaired) electrons. The summed E-state index contributed by atoms with van der Waals surface area (Å²) in [6.07, 6.45) is 0.908. The van der Waals surface area contributed by atoms with Crippen LogP contribution in [0.15, 0.2) is 28.7 Å². The molecule has 0 fully saturated rings. The third-order valence-electron chi connectivity index (χ3n) is 2.14. The monoisotopic (exact) mass is 269 g/mol. The van der Waals surface area contributed by atoms with E-state index in [0.29, 0.717) is 0 Å². The second-order valence-corrected chi connectivity index (χ2v) is 4.43.